The Labute approximate surface area is 109 Å². The van der Waals surface area contributed by atoms with Crippen molar-refractivity contribution in [1.29, 1.82) is 0 Å². The molecule has 0 aliphatic rings. The van der Waals surface area contributed by atoms with E-state index in [1.807, 2.05) is 0 Å². The van der Waals surface area contributed by atoms with Crippen LogP contribution in [0.5, 0.6) is 5.75 Å². The summed E-state index contributed by atoms with van der Waals surface area (Å²) >= 11 is 0. The Morgan fingerprint density at radius 1 is 1.37 bits per heavy atom. The maximum atomic E-state index is 12.2. The zero-order chi connectivity index (χ0) is 14.7. The minimum absolute atomic E-state index is 0.132. The summed E-state index contributed by atoms with van der Waals surface area (Å²) in [6.07, 6.45) is -4.27. The number of hydrogen-bond donors (Lipinski definition) is 1. The summed E-state index contributed by atoms with van der Waals surface area (Å²) in [5.74, 6) is -0.695. The maximum absolute atomic E-state index is 12.2. The van der Waals surface area contributed by atoms with Crippen LogP contribution in [-0.2, 0) is 0 Å². The highest BCUT2D eigenvalue weighted by atomic mass is 19.4. The second kappa shape index (κ2) is 5.61. The molecular weight excluding hydrogens is 259 g/mol. The van der Waals surface area contributed by atoms with Gasteiger partial charge in [-0.2, -0.15) is 0 Å². The lowest BCUT2D eigenvalue weighted by Crippen LogP contribution is -2.35. The van der Waals surface area contributed by atoms with E-state index in [4.69, 9.17) is 5.73 Å². The third-order valence-electron chi connectivity index (χ3n) is 3.11. The van der Waals surface area contributed by atoms with Gasteiger partial charge in [0.15, 0.2) is 5.78 Å². The summed E-state index contributed by atoms with van der Waals surface area (Å²) in [6, 6.07) is 5.03. The number of carbonyl (C=O) groups is 1. The Bertz CT molecular complexity index is 453. The van der Waals surface area contributed by atoms with Crippen molar-refractivity contribution in [2.24, 2.45) is 11.1 Å². The number of halogens is 3. The minimum Gasteiger partial charge on any atom is -0.406 e. The van der Waals surface area contributed by atoms with Gasteiger partial charge in [0.1, 0.15) is 5.75 Å². The number of rotatable bonds is 5. The van der Waals surface area contributed by atoms with Crippen LogP contribution in [0.15, 0.2) is 24.3 Å². The average Bonchev–Trinajstić information content (AvgIpc) is 2.35. The monoisotopic (exact) mass is 275 g/mol. The number of ketones is 1. The first-order valence-electron chi connectivity index (χ1n) is 5.82. The van der Waals surface area contributed by atoms with Crippen LogP contribution in [0.25, 0.3) is 0 Å². The van der Waals surface area contributed by atoms with Crippen LogP contribution >= 0.6 is 0 Å². The molecule has 0 bridgehead atoms. The third kappa shape index (κ3) is 3.96. The predicted molar refractivity (Wildman–Crippen MR) is 64.9 cm³/mol. The molecular formula is C13H16F3NO2. The molecule has 106 valence electrons. The number of nitrogens with two attached hydrogens (primary N) is 1. The van der Waals surface area contributed by atoms with E-state index in [-0.39, 0.29) is 17.9 Å². The number of ether oxygens (including phenoxy) is 1. The fourth-order valence-electron chi connectivity index (χ4n) is 1.58. The van der Waals surface area contributed by atoms with Crippen molar-refractivity contribution >= 4 is 5.78 Å². The van der Waals surface area contributed by atoms with E-state index in [1.54, 1.807) is 13.8 Å². The van der Waals surface area contributed by atoms with Crippen molar-refractivity contribution in [1.82, 2.24) is 0 Å². The molecule has 0 aliphatic carbocycles. The van der Waals surface area contributed by atoms with E-state index in [0.717, 1.165) is 12.1 Å². The minimum atomic E-state index is -4.77. The second-order valence-corrected chi connectivity index (χ2v) is 4.52. The summed E-state index contributed by atoms with van der Waals surface area (Å²) in [4.78, 5) is 12.2. The summed E-state index contributed by atoms with van der Waals surface area (Å²) in [5, 5.41) is 0. The van der Waals surface area contributed by atoms with Gasteiger partial charge in [0.2, 0.25) is 0 Å². The smallest absolute Gasteiger partial charge is 0.406 e. The molecule has 6 heteroatoms. The number of alkyl halides is 3. The van der Waals surface area contributed by atoms with Gasteiger partial charge in [-0.25, -0.2) is 0 Å². The number of carbonyl (C=O) groups excluding carboxylic acids is 1. The maximum Gasteiger partial charge on any atom is 0.573 e. The quantitative estimate of drug-likeness (QED) is 0.840. The lowest BCUT2D eigenvalue weighted by molar-refractivity contribution is -0.274. The largest absolute Gasteiger partial charge is 0.573 e. The predicted octanol–water partition coefficient (Wildman–Crippen LogP) is 3.14. The summed E-state index contributed by atoms with van der Waals surface area (Å²) in [7, 11) is 0. The molecule has 0 spiro atoms. The van der Waals surface area contributed by atoms with Crippen LogP contribution < -0.4 is 10.5 Å². The summed E-state index contributed by atoms with van der Waals surface area (Å²) in [6.45, 7) is 3.63. The molecule has 19 heavy (non-hydrogen) atoms. The Hall–Kier alpha value is -1.56. The molecule has 1 rings (SSSR count). The number of hydrogen-bond acceptors (Lipinski definition) is 3. The average molecular weight is 275 g/mol. The van der Waals surface area contributed by atoms with Gasteiger partial charge in [0, 0.05) is 17.5 Å². The third-order valence-corrected chi connectivity index (χ3v) is 3.11. The van der Waals surface area contributed by atoms with E-state index in [0.29, 0.717) is 6.42 Å². The molecule has 1 aromatic rings. The fourth-order valence-corrected chi connectivity index (χ4v) is 1.58. The Morgan fingerprint density at radius 3 is 2.47 bits per heavy atom. The zero-order valence-corrected chi connectivity index (χ0v) is 10.8. The molecule has 0 aromatic heterocycles. The van der Waals surface area contributed by atoms with Crippen LogP contribution in [0, 0.1) is 5.41 Å². The van der Waals surface area contributed by atoms with Crippen LogP contribution in [0.1, 0.15) is 30.6 Å². The van der Waals surface area contributed by atoms with Crippen LogP contribution in [0.4, 0.5) is 13.2 Å². The van der Waals surface area contributed by atoms with Crippen molar-refractivity contribution in [3.8, 4) is 5.75 Å². The van der Waals surface area contributed by atoms with Crippen LogP contribution in [0.2, 0.25) is 0 Å². The molecule has 0 amide bonds. The summed E-state index contributed by atoms with van der Waals surface area (Å²) < 4.78 is 40.1. The lowest BCUT2D eigenvalue weighted by atomic mass is 9.80. The number of Topliss-reactive ketones (excluding diaryl/α,β-unsaturated/α-hetero) is 1. The molecule has 0 aliphatic heterocycles. The first-order chi connectivity index (χ1) is 8.72. The molecule has 0 saturated heterocycles. The Balaban J connectivity index is 3.03. The Morgan fingerprint density at radius 2 is 2.00 bits per heavy atom. The van der Waals surface area contributed by atoms with Crippen molar-refractivity contribution in [3.05, 3.63) is 29.8 Å². The van der Waals surface area contributed by atoms with Gasteiger partial charge < -0.3 is 10.5 Å². The van der Waals surface area contributed by atoms with E-state index in [2.05, 4.69) is 4.74 Å². The van der Waals surface area contributed by atoms with Gasteiger partial charge in [-0.3, -0.25) is 4.79 Å². The van der Waals surface area contributed by atoms with E-state index in [9.17, 15) is 18.0 Å². The first kappa shape index (κ1) is 15.5. The van der Waals surface area contributed by atoms with E-state index in [1.165, 1.54) is 12.1 Å². The second-order valence-electron chi connectivity index (χ2n) is 4.52. The van der Waals surface area contributed by atoms with Crippen LogP contribution in [0.3, 0.4) is 0 Å². The molecule has 2 N–H and O–H groups in total. The number of benzene rings is 1. The van der Waals surface area contributed by atoms with Crippen LogP contribution in [-0.4, -0.2) is 18.7 Å². The highest BCUT2D eigenvalue weighted by Gasteiger charge is 2.33. The molecule has 0 fully saturated rings. The Kier molecular flexibility index (Phi) is 4.57. The molecule has 0 saturated carbocycles. The topological polar surface area (TPSA) is 52.3 Å². The van der Waals surface area contributed by atoms with Crippen molar-refractivity contribution in [2.75, 3.05) is 6.54 Å². The van der Waals surface area contributed by atoms with Gasteiger partial charge in [-0.1, -0.05) is 26.0 Å². The molecule has 0 radical (unpaired) electrons. The first-order valence-corrected chi connectivity index (χ1v) is 5.82. The summed E-state index contributed by atoms with van der Waals surface area (Å²) in [5.41, 5.74) is 4.95. The lowest BCUT2D eigenvalue weighted by Gasteiger charge is -2.24. The van der Waals surface area contributed by atoms with E-state index >= 15 is 0 Å². The van der Waals surface area contributed by atoms with Crippen molar-refractivity contribution < 1.29 is 22.7 Å². The molecule has 1 aromatic carbocycles. The fraction of sp³-hybridized carbons (Fsp3) is 0.462. The standard InChI is InChI=1S/C13H16F3NO2/c1-3-12(2,8-17)11(18)9-5-4-6-10(7-9)19-13(14,15)16/h4-7H,3,8,17H2,1-2H3. The normalized spacial score (nSPS) is 14.8. The SMILES string of the molecule is CCC(C)(CN)C(=O)c1cccc(OC(F)(F)F)c1. The highest BCUT2D eigenvalue weighted by Crippen LogP contribution is 2.28. The zero-order valence-electron chi connectivity index (χ0n) is 10.8. The van der Waals surface area contributed by atoms with Gasteiger partial charge in [0.05, 0.1) is 0 Å². The molecule has 1 unspecified atom stereocenters. The van der Waals surface area contributed by atoms with Crippen molar-refractivity contribution in [3.63, 3.8) is 0 Å². The van der Waals surface area contributed by atoms with Gasteiger partial charge in [0.25, 0.3) is 0 Å². The van der Waals surface area contributed by atoms with Gasteiger partial charge in [-0.15, -0.1) is 13.2 Å². The van der Waals surface area contributed by atoms with Crippen molar-refractivity contribution in [2.45, 2.75) is 26.6 Å². The van der Waals surface area contributed by atoms with Gasteiger partial charge >= 0.3 is 6.36 Å². The molecule has 3 nitrogen and oxygen atoms in total. The van der Waals surface area contributed by atoms with Gasteiger partial charge in [-0.05, 0) is 18.6 Å². The van der Waals surface area contributed by atoms with E-state index < -0.39 is 17.5 Å². The molecule has 1 atom stereocenters. The highest BCUT2D eigenvalue weighted by molar-refractivity contribution is 6.00. The molecule has 0 heterocycles.